The largest absolute Gasteiger partial charge is 0.378 e. The summed E-state index contributed by atoms with van der Waals surface area (Å²) < 4.78 is 5.31. The van der Waals surface area contributed by atoms with Gasteiger partial charge in [0.15, 0.2) is 0 Å². The Labute approximate surface area is 110 Å². The van der Waals surface area contributed by atoms with E-state index in [0.29, 0.717) is 18.9 Å². The smallest absolute Gasteiger partial charge is 0.287 e. The fraction of sp³-hybridized carbons (Fsp3) is 0.286. The van der Waals surface area contributed by atoms with Gasteiger partial charge in [-0.15, -0.1) is 0 Å². The predicted molar refractivity (Wildman–Crippen MR) is 73.3 cm³/mol. The highest BCUT2D eigenvalue weighted by molar-refractivity contribution is 5.63. The minimum absolute atomic E-state index is 0.151. The number of aromatic nitrogens is 2. The first-order valence-corrected chi connectivity index (χ1v) is 6.32. The third-order valence-corrected chi connectivity index (χ3v) is 3.21. The SMILES string of the molecule is O=c1[nH]nc(-c2ccccc2)cc1N1CCOCC1. The second-order valence-corrected chi connectivity index (χ2v) is 4.43. The zero-order chi connectivity index (χ0) is 13.1. The van der Waals surface area contributed by atoms with E-state index in [9.17, 15) is 4.79 Å². The minimum atomic E-state index is -0.151. The summed E-state index contributed by atoms with van der Waals surface area (Å²) in [5, 5.41) is 6.68. The molecule has 5 heteroatoms. The van der Waals surface area contributed by atoms with E-state index in [4.69, 9.17) is 4.74 Å². The van der Waals surface area contributed by atoms with Crippen molar-refractivity contribution in [2.45, 2.75) is 0 Å². The molecule has 0 atom stereocenters. The maximum Gasteiger partial charge on any atom is 0.287 e. The Morgan fingerprint density at radius 3 is 2.63 bits per heavy atom. The zero-order valence-electron chi connectivity index (χ0n) is 10.5. The van der Waals surface area contributed by atoms with Crippen molar-refractivity contribution >= 4 is 5.69 Å². The predicted octanol–water partition coefficient (Wildman–Crippen LogP) is 1.27. The van der Waals surface area contributed by atoms with Gasteiger partial charge < -0.3 is 9.64 Å². The number of benzene rings is 1. The number of rotatable bonds is 2. The van der Waals surface area contributed by atoms with Crippen LogP contribution < -0.4 is 10.5 Å². The van der Waals surface area contributed by atoms with Crippen molar-refractivity contribution in [1.29, 1.82) is 0 Å². The molecule has 1 aromatic carbocycles. The molecule has 1 fully saturated rings. The number of aromatic amines is 1. The van der Waals surface area contributed by atoms with Crippen LogP contribution in [0.4, 0.5) is 5.69 Å². The number of anilines is 1. The Bertz CT molecular complexity index is 604. The third-order valence-electron chi connectivity index (χ3n) is 3.21. The van der Waals surface area contributed by atoms with Crippen LogP contribution in [0.5, 0.6) is 0 Å². The average Bonchev–Trinajstić information content (AvgIpc) is 2.49. The Kier molecular flexibility index (Phi) is 3.29. The van der Waals surface area contributed by atoms with Crippen LogP contribution in [-0.4, -0.2) is 36.5 Å². The molecule has 19 heavy (non-hydrogen) atoms. The Hall–Kier alpha value is -2.14. The number of hydrogen-bond donors (Lipinski definition) is 1. The molecule has 0 amide bonds. The van der Waals surface area contributed by atoms with Gasteiger partial charge in [-0.05, 0) is 6.07 Å². The van der Waals surface area contributed by atoms with Crippen LogP contribution in [0.1, 0.15) is 0 Å². The summed E-state index contributed by atoms with van der Waals surface area (Å²) in [6, 6.07) is 11.7. The first-order valence-electron chi connectivity index (χ1n) is 6.32. The second kappa shape index (κ2) is 5.24. The summed E-state index contributed by atoms with van der Waals surface area (Å²) in [5.41, 5.74) is 2.29. The maximum atomic E-state index is 11.9. The lowest BCUT2D eigenvalue weighted by Gasteiger charge is -2.28. The molecule has 98 valence electrons. The molecule has 1 aliphatic heterocycles. The summed E-state index contributed by atoms with van der Waals surface area (Å²) in [6.45, 7) is 2.79. The number of H-pyrrole nitrogens is 1. The van der Waals surface area contributed by atoms with E-state index in [1.54, 1.807) is 0 Å². The number of morpholine rings is 1. The monoisotopic (exact) mass is 257 g/mol. The molecular weight excluding hydrogens is 242 g/mol. The van der Waals surface area contributed by atoms with Gasteiger partial charge in [0.05, 0.1) is 18.9 Å². The van der Waals surface area contributed by atoms with Crippen LogP contribution in [0.15, 0.2) is 41.2 Å². The van der Waals surface area contributed by atoms with Gasteiger partial charge in [-0.25, -0.2) is 5.10 Å². The normalized spacial score (nSPS) is 15.5. The van der Waals surface area contributed by atoms with E-state index < -0.39 is 0 Å². The molecule has 0 saturated carbocycles. The Morgan fingerprint density at radius 1 is 1.16 bits per heavy atom. The lowest BCUT2D eigenvalue weighted by atomic mass is 10.1. The third kappa shape index (κ3) is 2.51. The van der Waals surface area contributed by atoms with Gasteiger partial charge in [-0.1, -0.05) is 30.3 Å². The van der Waals surface area contributed by atoms with Crippen molar-refractivity contribution in [2.24, 2.45) is 0 Å². The van der Waals surface area contributed by atoms with Crippen LogP contribution >= 0.6 is 0 Å². The van der Waals surface area contributed by atoms with Crippen molar-refractivity contribution in [3.8, 4) is 11.3 Å². The summed E-state index contributed by atoms with van der Waals surface area (Å²) in [4.78, 5) is 13.9. The summed E-state index contributed by atoms with van der Waals surface area (Å²) >= 11 is 0. The molecule has 2 aromatic rings. The molecule has 3 rings (SSSR count). The van der Waals surface area contributed by atoms with E-state index >= 15 is 0 Å². The van der Waals surface area contributed by atoms with E-state index in [1.807, 2.05) is 41.3 Å². The molecule has 0 spiro atoms. The molecule has 0 radical (unpaired) electrons. The number of ether oxygens (including phenoxy) is 1. The van der Waals surface area contributed by atoms with Crippen LogP contribution in [0.25, 0.3) is 11.3 Å². The van der Waals surface area contributed by atoms with E-state index in [0.717, 1.165) is 24.3 Å². The quantitative estimate of drug-likeness (QED) is 0.880. The van der Waals surface area contributed by atoms with Crippen molar-refractivity contribution < 1.29 is 4.74 Å². The maximum absolute atomic E-state index is 11.9. The molecule has 0 unspecified atom stereocenters. The fourth-order valence-electron chi connectivity index (χ4n) is 2.19. The van der Waals surface area contributed by atoms with E-state index in [2.05, 4.69) is 10.2 Å². The summed E-state index contributed by atoms with van der Waals surface area (Å²) in [5.74, 6) is 0. The lowest BCUT2D eigenvalue weighted by molar-refractivity contribution is 0.122. The summed E-state index contributed by atoms with van der Waals surface area (Å²) in [7, 11) is 0. The molecule has 1 aliphatic rings. The lowest BCUT2D eigenvalue weighted by Crippen LogP contribution is -2.39. The number of nitrogens with zero attached hydrogens (tertiary/aromatic N) is 2. The van der Waals surface area contributed by atoms with E-state index in [1.165, 1.54) is 0 Å². The second-order valence-electron chi connectivity index (χ2n) is 4.43. The van der Waals surface area contributed by atoms with Crippen molar-refractivity contribution in [1.82, 2.24) is 10.2 Å². The molecule has 5 nitrogen and oxygen atoms in total. The topological polar surface area (TPSA) is 58.2 Å². The van der Waals surface area contributed by atoms with Gasteiger partial charge in [0, 0.05) is 18.7 Å². The Balaban J connectivity index is 1.98. The number of nitrogens with one attached hydrogen (secondary N) is 1. The van der Waals surface area contributed by atoms with E-state index in [-0.39, 0.29) is 5.56 Å². The van der Waals surface area contributed by atoms with Crippen molar-refractivity contribution in [3.05, 3.63) is 46.8 Å². The fourth-order valence-corrected chi connectivity index (χ4v) is 2.19. The number of hydrogen-bond acceptors (Lipinski definition) is 4. The zero-order valence-corrected chi connectivity index (χ0v) is 10.5. The highest BCUT2D eigenvalue weighted by Crippen LogP contribution is 2.19. The van der Waals surface area contributed by atoms with Crippen molar-refractivity contribution in [2.75, 3.05) is 31.2 Å². The molecular formula is C14H15N3O2. The standard InChI is InChI=1S/C14H15N3O2/c18-14-13(17-6-8-19-9-7-17)10-12(15-16-14)11-4-2-1-3-5-11/h1-5,10H,6-9H2,(H,16,18). The molecule has 1 N–H and O–H groups in total. The highest BCUT2D eigenvalue weighted by Gasteiger charge is 2.15. The first kappa shape index (κ1) is 11.9. The summed E-state index contributed by atoms with van der Waals surface area (Å²) in [6.07, 6.45) is 0. The van der Waals surface area contributed by atoms with Gasteiger partial charge in [0.25, 0.3) is 5.56 Å². The molecule has 0 aliphatic carbocycles. The average molecular weight is 257 g/mol. The Morgan fingerprint density at radius 2 is 1.89 bits per heavy atom. The molecule has 1 saturated heterocycles. The van der Waals surface area contributed by atoms with Crippen LogP contribution in [0, 0.1) is 0 Å². The molecule has 0 bridgehead atoms. The van der Waals surface area contributed by atoms with Crippen molar-refractivity contribution in [3.63, 3.8) is 0 Å². The highest BCUT2D eigenvalue weighted by atomic mass is 16.5. The molecule has 1 aromatic heterocycles. The van der Waals surface area contributed by atoms with Gasteiger partial charge in [-0.2, -0.15) is 5.10 Å². The van der Waals surface area contributed by atoms with Gasteiger partial charge in [-0.3, -0.25) is 4.79 Å². The van der Waals surface area contributed by atoms with Crippen LogP contribution in [0.2, 0.25) is 0 Å². The molecule has 2 heterocycles. The minimum Gasteiger partial charge on any atom is -0.378 e. The van der Waals surface area contributed by atoms with Gasteiger partial charge in [0.2, 0.25) is 0 Å². The van der Waals surface area contributed by atoms with Gasteiger partial charge in [0.1, 0.15) is 5.69 Å². The van der Waals surface area contributed by atoms with Crippen LogP contribution in [-0.2, 0) is 4.74 Å². The first-order chi connectivity index (χ1) is 9.34. The van der Waals surface area contributed by atoms with Gasteiger partial charge >= 0.3 is 0 Å². The van der Waals surface area contributed by atoms with Crippen LogP contribution in [0.3, 0.4) is 0 Å².